The van der Waals surface area contributed by atoms with E-state index in [9.17, 15) is 9.18 Å². The largest absolute Gasteiger partial charge is 0.339 e. The average Bonchev–Trinajstić information content (AvgIpc) is 2.59. The fourth-order valence-electron chi connectivity index (χ4n) is 2.07. The van der Waals surface area contributed by atoms with Gasteiger partial charge in [0.05, 0.1) is 6.20 Å². The lowest BCUT2D eigenvalue weighted by atomic mass is 10.3. The second-order valence-electron chi connectivity index (χ2n) is 5.18. The lowest BCUT2D eigenvalue weighted by Crippen LogP contribution is -2.05. The molecule has 1 amide bonds. The van der Waals surface area contributed by atoms with Crippen molar-refractivity contribution >= 4 is 34.7 Å². The Balaban J connectivity index is 1.68. The van der Waals surface area contributed by atoms with Crippen LogP contribution in [-0.4, -0.2) is 21.1 Å². The number of anilines is 5. The molecule has 8 heteroatoms. The minimum Gasteiger partial charge on any atom is -0.339 e. The van der Waals surface area contributed by atoms with Crippen LogP contribution in [0.1, 0.15) is 6.92 Å². The van der Waals surface area contributed by atoms with E-state index >= 15 is 0 Å². The third-order valence-corrected chi connectivity index (χ3v) is 3.14. The molecule has 0 unspecified atom stereocenters. The number of hydrogen-bond acceptors (Lipinski definition) is 6. The Hall–Kier alpha value is -3.55. The standard InChI is InChI=1S/C17H15FN6O/c1-11(25)20-13-6-8-14(9-7-13)21-16-10-19-24-17(23-16)22-15-4-2-12(18)3-5-15/h2-10H,1H3,(H,20,25)(H2,21,22,23,24). The van der Waals surface area contributed by atoms with Gasteiger partial charge in [0.25, 0.3) is 0 Å². The van der Waals surface area contributed by atoms with Gasteiger partial charge in [0.2, 0.25) is 11.9 Å². The molecule has 0 bridgehead atoms. The molecule has 3 N–H and O–H groups in total. The van der Waals surface area contributed by atoms with Crippen molar-refractivity contribution in [3.8, 4) is 0 Å². The van der Waals surface area contributed by atoms with Crippen LogP contribution in [-0.2, 0) is 4.79 Å². The molecule has 0 saturated carbocycles. The molecule has 25 heavy (non-hydrogen) atoms. The highest BCUT2D eigenvalue weighted by Crippen LogP contribution is 2.19. The van der Waals surface area contributed by atoms with Gasteiger partial charge in [0, 0.05) is 24.0 Å². The van der Waals surface area contributed by atoms with E-state index in [4.69, 9.17) is 0 Å². The first-order valence-corrected chi connectivity index (χ1v) is 7.45. The fraction of sp³-hybridized carbons (Fsp3) is 0.0588. The zero-order valence-electron chi connectivity index (χ0n) is 13.3. The molecule has 0 aliphatic rings. The minimum absolute atomic E-state index is 0.128. The summed E-state index contributed by atoms with van der Waals surface area (Å²) in [4.78, 5) is 15.3. The van der Waals surface area contributed by atoms with Crippen LogP contribution >= 0.6 is 0 Å². The number of benzene rings is 2. The monoisotopic (exact) mass is 338 g/mol. The molecule has 0 aliphatic heterocycles. The first kappa shape index (κ1) is 16.3. The first-order valence-electron chi connectivity index (χ1n) is 7.45. The maximum atomic E-state index is 12.9. The third-order valence-electron chi connectivity index (χ3n) is 3.14. The number of aromatic nitrogens is 3. The van der Waals surface area contributed by atoms with Crippen LogP contribution in [0.2, 0.25) is 0 Å². The van der Waals surface area contributed by atoms with Crippen LogP contribution in [0.25, 0.3) is 0 Å². The van der Waals surface area contributed by atoms with Crippen molar-refractivity contribution in [1.29, 1.82) is 0 Å². The summed E-state index contributed by atoms with van der Waals surface area (Å²) in [6.07, 6.45) is 1.48. The maximum Gasteiger partial charge on any atom is 0.249 e. The maximum absolute atomic E-state index is 12.9. The molecule has 0 radical (unpaired) electrons. The molecule has 0 atom stereocenters. The topological polar surface area (TPSA) is 91.8 Å². The summed E-state index contributed by atoms with van der Waals surface area (Å²) in [5.41, 5.74) is 2.14. The first-order chi connectivity index (χ1) is 12.1. The predicted octanol–water partition coefficient (Wildman–Crippen LogP) is 3.46. The van der Waals surface area contributed by atoms with E-state index in [1.807, 2.05) is 0 Å². The summed E-state index contributed by atoms with van der Waals surface area (Å²) < 4.78 is 12.9. The quantitative estimate of drug-likeness (QED) is 0.660. The third kappa shape index (κ3) is 4.71. The number of halogens is 1. The molecular weight excluding hydrogens is 323 g/mol. The van der Waals surface area contributed by atoms with Crippen LogP contribution in [0.4, 0.5) is 33.2 Å². The molecule has 0 saturated heterocycles. The molecule has 2 aromatic carbocycles. The van der Waals surface area contributed by atoms with Gasteiger partial charge in [-0.2, -0.15) is 10.1 Å². The van der Waals surface area contributed by atoms with Gasteiger partial charge in [-0.25, -0.2) is 4.39 Å². The average molecular weight is 338 g/mol. The molecule has 1 heterocycles. The number of carbonyl (C=O) groups excluding carboxylic acids is 1. The Bertz CT molecular complexity index is 867. The van der Waals surface area contributed by atoms with Crippen molar-refractivity contribution < 1.29 is 9.18 Å². The van der Waals surface area contributed by atoms with Crippen LogP contribution in [0.5, 0.6) is 0 Å². The number of rotatable bonds is 5. The number of nitrogens with zero attached hydrogens (tertiary/aromatic N) is 3. The Labute approximate surface area is 143 Å². The Morgan fingerprint density at radius 3 is 2.20 bits per heavy atom. The van der Waals surface area contributed by atoms with Crippen LogP contribution in [0.15, 0.2) is 54.7 Å². The van der Waals surface area contributed by atoms with Crippen molar-refractivity contribution in [2.24, 2.45) is 0 Å². The van der Waals surface area contributed by atoms with Gasteiger partial charge in [-0.1, -0.05) is 0 Å². The molecule has 0 aliphatic carbocycles. The summed E-state index contributed by atoms with van der Waals surface area (Å²) in [7, 11) is 0. The summed E-state index contributed by atoms with van der Waals surface area (Å²) >= 11 is 0. The normalized spacial score (nSPS) is 10.2. The van der Waals surface area contributed by atoms with E-state index in [0.29, 0.717) is 17.2 Å². The van der Waals surface area contributed by atoms with Crippen LogP contribution in [0.3, 0.4) is 0 Å². The fourth-order valence-corrected chi connectivity index (χ4v) is 2.07. The van der Waals surface area contributed by atoms with Gasteiger partial charge in [0.1, 0.15) is 5.82 Å². The Kier molecular flexibility index (Phi) is 4.79. The molecular formula is C17H15FN6O. The van der Waals surface area contributed by atoms with Crippen molar-refractivity contribution in [2.45, 2.75) is 6.92 Å². The van der Waals surface area contributed by atoms with Gasteiger partial charge in [-0.15, -0.1) is 5.10 Å². The zero-order valence-corrected chi connectivity index (χ0v) is 13.3. The number of nitrogens with one attached hydrogen (secondary N) is 3. The van der Waals surface area contributed by atoms with E-state index in [1.54, 1.807) is 36.4 Å². The highest BCUT2D eigenvalue weighted by Gasteiger charge is 2.03. The molecule has 0 fully saturated rings. The summed E-state index contributed by atoms with van der Waals surface area (Å²) in [6.45, 7) is 1.45. The molecule has 1 aromatic heterocycles. The molecule has 0 spiro atoms. The van der Waals surface area contributed by atoms with Crippen LogP contribution in [0, 0.1) is 5.82 Å². The predicted molar refractivity (Wildman–Crippen MR) is 93.5 cm³/mol. The molecule has 126 valence electrons. The Morgan fingerprint density at radius 1 is 0.920 bits per heavy atom. The van der Waals surface area contributed by atoms with Crippen molar-refractivity contribution in [1.82, 2.24) is 15.2 Å². The highest BCUT2D eigenvalue weighted by atomic mass is 19.1. The second kappa shape index (κ2) is 7.35. The molecule has 3 aromatic rings. The molecule has 7 nitrogen and oxygen atoms in total. The van der Waals surface area contributed by atoms with E-state index in [2.05, 4.69) is 31.1 Å². The minimum atomic E-state index is -0.317. The SMILES string of the molecule is CC(=O)Nc1ccc(Nc2cnnc(Nc3ccc(F)cc3)n2)cc1. The summed E-state index contributed by atoms with van der Waals surface area (Å²) in [5.74, 6) is 0.332. The lowest BCUT2D eigenvalue weighted by molar-refractivity contribution is -0.114. The van der Waals surface area contributed by atoms with Crippen molar-refractivity contribution in [3.63, 3.8) is 0 Å². The van der Waals surface area contributed by atoms with Crippen molar-refractivity contribution in [2.75, 3.05) is 16.0 Å². The smallest absolute Gasteiger partial charge is 0.249 e. The molecule has 3 rings (SSSR count). The van der Waals surface area contributed by atoms with E-state index in [0.717, 1.165) is 5.69 Å². The number of amides is 1. The van der Waals surface area contributed by atoms with Gasteiger partial charge in [-0.05, 0) is 48.5 Å². The Morgan fingerprint density at radius 2 is 1.52 bits per heavy atom. The van der Waals surface area contributed by atoms with Gasteiger partial charge in [0.15, 0.2) is 5.82 Å². The highest BCUT2D eigenvalue weighted by molar-refractivity contribution is 5.88. The van der Waals surface area contributed by atoms with E-state index in [-0.39, 0.29) is 17.7 Å². The van der Waals surface area contributed by atoms with Gasteiger partial charge in [-0.3, -0.25) is 4.79 Å². The van der Waals surface area contributed by atoms with E-state index < -0.39 is 0 Å². The van der Waals surface area contributed by atoms with Crippen LogP contribution < -0.4 is 16.0 Å². The summed E-state index contributed by atoms with van der Waals surface area (Å²) in [5, 5.41) is 16.5. The van der Waals surface area contributed by atoms with E-state index in [1.165, 1.54) is 25.3 Å². The number of hydrogen-bond donors (Lipinski definition) is 3. The number of carbonyl (C=O) groups is 1. The zero-order chi connectivity index (χ0) is 17.6. The van der Waals surface area contributed by atoms with Gasteiger partial charge < -0.3 is 16.0 Å². The van der Waals surface area contributed by atoms with Gasteiger partial charge >= 0.3 is 0 Å². The lowest BCUT2D eigenvalue weighted by Gasteiger charge is -2.08. The van der Waals surface area contributed by atoms with Crippen molar-refractivity contribution in [3.05, 3.63) is 60.5 Å². The second-order valence-corrected chi connectivity index (χ2v) is 5.18. The summed E-state index contributed by atoms with van der Waals surface area (Å²) in [6, 6.07) is 13.0.